The van der Waals surface area contributed by atoms with Crippen LogP contribution in [-0.2, 0) is 44.4 Å². The van der Waals surface area contributed by atoms with Gasteiger partial charge in [-0.1, -0.05) is 29.8 Å². The van der Waals surface area contributed by atoms with Crippen molar-refractivity contribution in [1.82, 2.24) is 10.6 Å². The van der Waals surface area contributed by atoms with E-state index in [1.54, 1.807) is 36.4 Å². The maximum Gasteiger partial charge on any atom is 0.309 e. The molecule has 3 N–H and O–H groups in total. The molecular formula is C29H26ClF2N3O5. The second-order valence-electron chi connectivity index (χ2n) is 9.56. The molecule has 1 spiro atoms. The summed E-state index contributed by atoms with van der Waals surface area (Å²) in [6.07, 6.45) is 0.451. The lowest BCUT2D eigenvalue weighted by Crippen LogP contribution is -2.43. The molecule has 8 nitrogen and oxygen atoms in total. The number of nitrogens with one attached hydrogen (secondary N) is 3. The van der Waals surface area contributed by atoms with E-state index < -0.39 is 29.4 Å². The molecular weight excluding hydrogens is 544 g/mol. The number of carbonyl (C=O) groups excluding carboxylic acids is 3. The van der Waals surface area contributed by atoms with Crippen molar-refractivity contribution in [2.45, 2.75) is 38.1 Å². The Balaban J connectivity index is 1.29. The first-order valence-electron chi connectivity index (χ1n) is 12.8. The van der Waals surface area contributed by atoms with Crippen molar-refractivity contribution in [2.24, 2.45) is 0 Å². The number of esters is 2. The first-order chi connectivity index (χ1) is 19.2. The molecule has 40 heavy (non-hydrogen) atoms. The van der Waals surface area contributed by atoms with Gasteiger partial charge in [0, 0.05) is 24.2 Å². The molecule has 0 atom stereocenters. The van der Waals surface area contributed by atoms with Gasteiger partial charge in [-0.05, 0) is 66.1 Å². The van der Waals surface area contributed by atoms with Crippen molar-refractivity contribution in [1.29, 1.82) is 0 Å². The predicted octanol–water partition coefficient (Wildman–Crippen LogP) is 4.34. The van der Waals surface area contributed by atoms with Crippen molar-refractivity contribution in [2.75, 3.05) is 18.4 Å². The summed E-state index contributed by atoms with van der Waals surface area (Å²) in [4.78, 5) is 37.2. The van der Waals surface area contributed by atoms with E-state index in [9.17, 15) is 23.2 Å². The third-order valence-corrected chi connectivity index (χ3v) is 7.11. The molecule has 1 amide bonds. The first kappa shape index (κ1) is 27.5. The molecule has 0 saturated carbocycles. The summed E-state index contributed by atoms with van der Waals surface area (Å²) in [5, 5.41) is 9.67. The fourth-order valence-electron chi connectivity index (χ4n) is 4.76. The lowest BCUT2D eigenvalue weighted by molar-refractivity contribution is -0.225. The zero-order chi connectivity index (χ0) is 28.3. The molecule has 0 bridgehead atoms. The molecule has 0 unspecified atom stereocenters. The Labute approximate surface area is 234 Å². The van der Waals surface area contributed by atoms with E-state index in [0.29, 0.717) is 46.9 Å². The lowest BCUT2D eigenvalue weighted by atomic mass is 9.96. The fraction of sp³-hybridized carbons (Fsp3) is 0.276. The van der Waals surface area contributed by atoms with Gasteiger partial charge in [0.05, 0.1) is 30.1 Å². The van der Waals surface area contributed by atoms with Gasteiger partial charge in [-0.3, -0.25) is 14.4 Å². The zero-order valence-corrected chi connectivity index (χ0v) is 22.1. The quantitative estimate of drug-likeness (QED) is 0.379. The van der Waals surface area contributed by atoms with Crippen molar-refractivity contribution in [3.63, 3.8) is 0 Å². The maximum atomic E-state index is 13.4. The Morgan fingerprint density at radius 2 is 1.60 bits per heavy atom. The van der Waals surface area contributed by atoms with Gasteiger partial charge >= 0.3 is 11.9 Å². The molecule has 2 heterocycles. The SMILES string of the molecule is O=C1CCC(=O)OC2(CNCCc3c2ccc(Cl)c3NCc2ccc(C(=O)NCc3ccc(F)c(F)c3)cc2)O1. The molecule has 5 rings (SSSR count). The van der Waals surface area contributed by atoms with Crippen LogP contribution in [0.15, 0.2) is 54.6 Å². The monoisotopic (exact) mass is 569 g/mol. The third-order valence-electron chi connectivity index (χ3n) is 6.80. The standard InChI is InChI=1S/C29H26ClF2N3O5/c30-22-7-6-21-20(11-12-33-16-29(21)39-25(36)9-10-26(37)40-29)27(22)34-14-17-1-4-19(5-2-17)28(38)35-15-18-3-8-23(31)24(32)13-18/h1-8,13,33-34H,9-12,14-16H2,(H,35,38). The number of hydrogen-bond donors (Lipinski definition) is 3. The highest BCUT2D eigenvalue weighted by Gasteiger charge is 2.46. The number of hydrogen-bond acceptors (Lipinski definition) is 7. The van der Waals surface area contributed by atoms with Crippen molar-refractivity contribution in [3.8, 4) is 0 Å². The van der Waals surface area contributed by atoms with Gasteiger partial charge in [0.2, 0.25) is 0 Å². The second-order valence-corrected chi connectivity index (χ2v) is 9.97. The lowest BCUT2D eigenvalue weighted by Gasteiger charge is -2.32. The van der Waals surface area contributed by atoms with Gasteiger partial charge in [-0.25, -0.2) is 8.78 Å². The average Bonchev–Trinajstić information content (AvgIpc) is 3.20. The van der Waals surface area contributed by atoms with E-state index in [-0.39, 0.29) is 31.8 Å². The second kappa shape index (κ2) is 11.6. The largest absolute Gasteiger partial charge is 0.416 e. The summed E-state index contributed by atoms with van der Waals surface area (Å²) in [5.41, 5.74) is 3.67. The van der Waals surface area contributed by atoms with E-state index in [2.05, 4.69) is 16.0 Å². The van der Waals surface area contributed by atoms with E-state index in [1.165, 1.54) is 6.07 Å². The van der Waals surface area contributed by atoms with E-state index in [1.807, 2.05) is 0 Å². The molecule has 2 aliphatic heterocycles. The van der Waals surface area contributed by atoms with Gasteiger partial charge in [-0.15, -0.1) is 0 Å². The minimum absolute atomic E-state index is 0.0482. The van der Waals surface area contributed by atoms with Crippen LogP contribution in [0.25, 0.3) is 0 Å². The zero-order valence-electron chi connectivity index (χ0n) is 21.3. The van der Waals surface area contributed by atoms with Crippen LogP contribution in [0.4, 0.5) is 14.5 Å². The molecule has 0 radical (unpaired) electrons. The van der Waals surface area contributed by atoms with E-state index >= 15 is 0 Å². The van der Waals surface area contributed by atoms with Crippen molar-refractivity contribution >= 4 is 35.1 Å². The van der Waals surface area contributed by atoms with Crippen LogP contribution < -0.4 is 16.0 Å². The van der Waals surface area contributed by atoms with Gasteiger partial charge in [0.1, 0.15) is 0 Å². The molecule has 0 aliphatic carbocycles. The van der Waals surface area contributed by atoms with Crippen molar-refractivity contribution < 1.29 is 32.6 Å². The fourth-order valence-corrected chi connectivity index (χ4v) is 5.01. The van der Waals surface area contributed by atoms with E-state index in [4.69, 9.17) is 21.1 Å². The Kier molecular flexibility index (Phi) is 7.99. The molecule has 3 aromatic rings. The number of benzene rings is 3. The summed E-state index contributed by atoms with van der Waals surface area (Å²) in [6.45, 7) is 1.09. The number of carbonyl (C=O) groups is 3. The van der Waals surface area contributed by atoms with Crippen LogP contribution in [-0.4, -0.2) is 30.9 Å². The molecule has 11 heteroatoms. The summed E-state index contributed by atoms with van der Waals surface area (Å²) >= 11 is 6.57. The number of anilines is 1. The molecule has 3 aromatic carbocycles. The number of rotatable bonds is 6. The van der Waals surface area contributed by atoms with Gasteiger partial charge in [0.25, 0.3) is 11.7 Å². The number of ether oxygens (including phenoxy) is 2. The highest BCUT2D eigenvalue weighted by Crippen LogP contribution is 2.40. The Hall–Kier alpha value is -4.02. The van der Waals surface area contributed by atoms with Crippen LogP contribution in [0, 0.1) is 11.6 Å². The Morgan fingerprint density at radius 3 is 2.30 bits per heavy atom. The van der Waals surface area contributed by atoms with E-state index in [0.717, 1.165) is 23.3 Å². The summed E-state index contributed by atoms with van der Waals surface area (Å²) in [6, 6.07) is 13.7. The molecule has 1 saturated heterocycles. The predicted molar refractivity (Wildman–Crippen MR) is 142 cm³/mol. The summed E-state index contributed by atoms with van der Waals surface area (Å²) < 4.78 is 37.9. The molecule has 1 fully saturated rings. The minimum Gasteiger partial charge on any atom is -0.416 e. The van der Waals surface area contributed by atoms with Crippen LogP contribution in [0.1, 0.15) is 45.5 Å². The Bertz CT molecular complexity index is 1450. The number of amides is 1. The molecule has 0 aromatic heterocycles. The highest BCUT2D eigenvalue weighted by atomic mass is 35.5. The highest BCUT2D eigenvalue weighted by molar-refractivity contribution is 6.33. The maximum absolute atomic E-state index is 13.4. The topological polar surface area (TPSA) is 106 Å². The summed E-state index contributed by atoms with van der Waals surface area (Å²) in [5.74, 6) is -4.88. The van der Waals surface area contributed by atoms with Crippen molar-refractivity contribution in [3.05, 3.63) is 99.1 Å². The van der Waals surface area contributed by atoms with Crippen LogP contribution in [0.5, 0.6) is 0 Å². The third kappa shape index (κ3) is 5.93. The smallest absolute Gasteiger partial charge is 0.309 e. The molecule has 208 valence electrons. The Morgan fingerprint density at radius 1 is 0.900 bits per heavy atom. The van der Waals surface area contributed by atoms with Crippen LogP contribution in [0.3, 0.4) is 0 Å². The normalized spacial score (nSPS) is 16.3. The molecule has 2 aliphatic rings. The minimum atomic E-state index is -1.58. The number of halogens is 3. The summed E-state index contributed by atoms with van der Waals surface area (Å²) in [7, 11) is 0. The number of fused-ring (bicyclic) bond motifs is 2. The van der Waals surface area contributed by atoms with Crippen LogP contribution >= 0.6 is 11.6 Å². The van der Waals surface area contributed by atoms with Crippen LogP contribution in [0.2, 0.25) is 5.02 Å². The van der Waals surface area contributed by atoms with Gasteiger partial charge in [0.15, 0.2) is 11.6 Å². The first-order valence-corrected chi connectivity index (χ1v) is 13.1. The van der Waals surface area contributed by atoms with Gasteiger partial charge < -0.3 is 25.4 Å². The average molecular weight is 570 g/mol. The van der Waals surface area contributed by atoms with Gasteiger partial charge in [-0.2, -0.15) is 0 Å².